The van der Waals surface area contributed by atoms with Gasteiger partial charge in [0, 0.05) is 57.0 Å². The van der Waals surface area contributed by atoms with Crippen LogP contribution >= 0.6 is 0 Å². The van der Waals surface area contributed by atoms with Crippen molar-refractivity contribution in [1.29, 1.82) is 0 Å². The van der Waals surface area contributed by atoms with Crippen LogP contribution in [0.4, 0.5) is 11.5 Å². The minimum atomic E-state index is -0.114. The maximum Gasteiger partial charge on any atom is 0.221 e. The molecule has 6 nitrogen and oxygen atoms in total. The molecule has 27 heavy (non-hydrogen) atoms. The normalized spacial score (nSPS) is 14.8. The van der Waals surface area contributed by atoms with Crippen LogP contribution in [-0.2, 0) is 4.79 Å². The summed E-state index contributed by atoms with van der Waals surface area (Å²) in [5.41, 5.74) is 1.41. The van der Waals surface area contributed by atoms with E-state index >= 15 is 0 Å². The van der Waals surface area contributed by atoms with Gasteiger partial charge in [-0.25, -0.2) is 4.98 Å². The van der Waals surface area contributed by atoms with E-state index in [1.54, 1.807) is 24.3 Å². The van der Waals surface area contributed by atoms with Crippen molar-refractivity contribution in [3.05, 3.63) is 54.2 Å². The summed E-state index contributed by atoms with van der Waals surface area (Å²) in [5.74, 6) is 1.07. The van der Waals surface area contributed by atoms with E-state index in [4.69, 9.17) is 0 Å². The van der Waals surface area contributed by atoms with E-state index in [-0.39, 0.29) is 11.7 Å². The van der Waals surface area contributed by atoms with Crippen LogP contribution in [0.2, 0.25) is 0 Å². The van der Waals surface area contributed by atoms with Gasteiger partial charge in [-0.2, -0.15) is 0 Å². The standard InChI is InChI=1S/C21H26N4O2/c1-17(26)23-19-9-7-18(8-10-19)20(27)5-4-12-24-13-15-25(16-14-24)21-6-2-3-11-22-21/h2-3,6-11H,4-5,12-16H2,1H3,(H,23,26). The SMILES string of the molecule is CC(=O)Nc1ccc(C(=O)CCCN2CCN(c3ccccn3)CC2)cc1. The molecule has 3 rings (SSSR count). The number of amides is 1. The van der Waals surface area contributed by atoms with Gasteiger partial charge < -0.3 is 10.2 Å². The summed E-state index contributed by atoms with van der Waals surface area (Å²) in [6.45, 7) is 6.33. The predicted octanol–water partition coefficient (Wildman–Crippen LogP) is 2.83. The lowest BCUT2D eigenvalue weighted by atomic mass is 10.1. The zero-order chi connectivity index (χ0) is 19.1. The number of pyridine rings is 1. The van der Waals surface area contributed by atoms with Gasteiger partial charge in [0.25, 0.3) is 0 Å². The molecule has 142 valence electrons. The Labute approximate surface area is 160 Å². The van der Waals surface area contributed by atoms with E-state index in [0.717, 1.165) is 45.0 Å². The van der Waals surface area contributed by atoms with Crippen LogP contribution in [0, 0.1) is 0 Å². The van der Waals surface area contributed by atoms with Crippen LogP contribution in [-0.4, -0.2) is 54.3 Å². The first kappa shape index (κ1) is 19.0. The van der Waals surface area contributed by atoms with E-state index in [1.807, 2.05) is 24.4 Å². The molecule has 0 bridgehead atoms. The van der Waals surface area contributed by atoms with Crippen molar-refractivity contribution in [1.82, 2.24) is 9.88 Å². The number of hydrogen-bond acceptors (Lipinski definition) is 5. The van der Waals surface area contributed by atoms with E-state index in [9.17, 15) is 9.59 Å². The maximum atomic E-state index is 12.3. The molecule has 2 aromatic rings. The predicted molar refractivity (Wildman–Crippen MR) is 107 cm³/mol. The van der Waals surface area contributed by atoms with Crippen molar-refractivity contribution >= 4 is 23.2 Å². The highest BCUT2D eigenvalue weighted by Gasteiger charge is 2.17. The summed E-state index contributed by atoms with van der Waals surface area (Å²) in [6.07, 6.45) is 3.23. The fourth-order valence-electron chi connectivity index (χ4n) is 3.29. The number of carbonyl (C=O) groups is 2. The third kappa shape index (κ3) is 5.62. The minimum Gasteiger partial charge on any atom is -0.354 e. The third-order valence-corrected chi connectivity index (χ3v) is 4.75. The minimum absolute atomic E-state index is 0.114. The number of rotatable bonds is 7. The van der Waals surface area contributed by atoms with Crippen molar-refractivity contribution in [2.75, 3.05) is 42.9 Å². The molecule has 1 aromatic carbocycles. The van der Waals surface area contributed by atoms with Gasteiger partial charge >= 0.3 is 0 Å². The van der Waals surface area contributed by atoms with Crippen LogP contribution < -0.4 is 10.2 Å². The molecule has 0 radical (unpaired) electrons. The molecule has 1 saturated heterocycles. The second kappa shape index (κ2) is 9.28. The number of piperazine rings is 1. The average Bonchev–Trinajstić information content (AvgIpc) is 2.69. The smallest absolute Gasteiger partial charge is 0.221 e. The topological polar surface area (TPSA) is 65.5 Å². The zero-order valence-corrected chi connectivity index (χ0v) is 15.7. The van der Waals surface area contributed by atoms with E-state index in [2.05, 4.69) is 20.1 Å². The molecule has 1 aliphatic heterocycles. The Kier molecular flexibility index (Phi) is 6.54. The number of Topliss-reactive ketones (excluding diaryl/α,β-unsaturated/α-hetero) is 1. The molecular weight excluding hydrogens is 340 g/mol. The molecule has 0 spiro atoms. The maximum absolute atomic E-state index is 12.3. The van der Waals surface area contributed by atoms with E-state index < -0.39 is 0 Å². The molecule has 1 amide bonds. The molecule has 0 aliphatic carbocycles. The first-order valence-corrected chi connectivity index (χ1v) is 9.41. The van der Waals surface area contributed by atoms with Crippen LogP contribution in [0.3, 0.4) is 0 Å². The molecule has 1 aromatic heterocycles. The molecule has 0 unspecified atom stereocenters. The Bertz CT molecular complexity index is 754. The van der Waals surface area contributed by atoms with Gasteiger partial charge in [0.05, 0.1) is 0 Å². The number of aromatic nitrogens is 1. The quantitative estimate of drug-likeness (QED) is 0.764. The number of benzene rings is 1. The molecule has 1 fully saturated rings. The zero-order valence-electron chi connectivity index (χ0n) is 15.7. The molecule has 1 aliphatic rings. The summed E-state index contributed by atoms with van der Waals surface area (Å²) in [6, 6.07) is 13.1. The lowest BCUT2D eigenvalue weighted by Crippen LogP contribution is -2.46. The highest BCUT2D eigenvalue weighted by Crippen LogP contribution is 2.14. The molecule has 0 saturated carbocycles. The van der Waals surface area contributed by atoms with Crippen LogP contribution in [0.25, 0.3) is 0 Å². The lowest BCUT2D eigenvalue weighted by molar-refractivity contribution is -0.114. The van der Waals surface area contributed by atoms with Crippen molar-refractivity contribution in [3.8, 4) is 0 Å². The molecule has 0 atom stereocenters. The van der Waals surface area contributed by atoms with E-state index in [0.29, 0.717) is 17.7 Å². The van der Waals surface area contributed by atoms with Gasteiger partial charge in [-0.3, -0.25) is 14.5 Å². The number of nitrogens with zero attached hydrogens (tertiary/aromatic N) is 3. The molecule has 2 heterocycles. The summed E-state index contributed by atoms with van der Waals surface area (Å²) < 4.78 is 0. The second-order valence-electron chi connectivity index (χ2n) is 6.80. The Hall–Kier alpha value is -2.73. The first-order valence-electron chi connectivity index (χ1n) is 9.41. The van der Waals surface area contributed by atoms with Gasteiger partial charge in [-0.15, -0.1) is 0 Å². The van der Waals surface area contributed by atoms with Crippen molar-refractivity contribution in [2.24, 2.45) is 0 Å². The second-order valence-corrected chi connectivity index (χ2v) is 6.80. The number of ketones is 1. The van der Waals surface area contributed by atoms with Gasteiger partial charge in [-0.05, 0) is 49.4 Å². The Morgan fingerprint density at radius 1 is 1.04 bits per heavy atom. The average molecular weight is 366 g/mol. The van der Waals surface area contributed by atoms with Gasteiger partial charge in [0.1, 0.15) is 5.82 Å². The summed E-state index contributed by atoms with van der Waals surface area (Å²) in [5, 5.41) is 2.71. The number of carbonyl (C=O) groups excluding carboxylic acids is 2. The van der Waals surface area contributed by atoms with Crippen molar-refractivity contribution in [2.45, 2.75) is 19.8 Å². The van der Waals surface area contributed by atoms with Crippen molar-refractivity contribution in [3.63, 3.8) is 0 Å². The number of nitrogens with one attached hydrogen (secondary N) is 1. The highest BCUT2D eigenvalue weighted by molar-refractivity contribution is 5.97. The first-order chi connectivity index (χ1) is 13.1. The Balaban J connectivity index is 1.39. The highest BCUT2D eigenvalue weighted by atomic mass is 16.1. The van der Waals surface area contributed by atoms with E-state index in [1.165, 1.54) is 6.92 Å². The molecular formula is C21H26N4O2. The third-order valence-electron chi connectivity index (χ3n) is 4.75. The number of hydrogen-bond donors (Lipinski definition) is 1. The largest absolute Gasteiger partial charge is 0.354 e. The van der Waals surface area contributed by atoms with Gasteiger partial charge in [0.2, 0.25) is 5.91 Å². The fraction of sp³-hybridized carbons (Fsp3) is 0.381. The Morgan fingerprint density at radius 3 is 2.41 bits per heavy atom. The van der Waals surface area contributed by atoms with Gasteiger partial charge in [0.15, 0.2) is 5.78 Å². The fourth-order valence-corrected chi connectivity index (χ4v) is 3.29. The Morgan fingerprint density at radius 2 is 1.78 bits per heavy atom. The van der Waals surface area contributed by atoms with Crippen LogP contribution in [0.1, 0.15) is 30.1 Å². The van der Waals surface area contributed by atoms with Crippen LogP contribution in [0.15, 0.2) is 48.7 Å². The number of anilines is 2. The summed E-state index contributed by atoms with van der Waals surface area (Å²) in [4.78, 5) is 32.5. The van der Waals surface area contributed by atoms with Gasteiger partial charge in [-0.1, -0.05) is 6.07 Å². The molecule has 6 heteroatoms. The summed E-state index contributed by atoms with van der Waals surface area (Å²) in [7, 11) is 0. The molecule has 1 N–H and O–H groups in total. The summed E-state index contributed by atoms with van der Waals surface area (Å²) >= 11 is 0. The lowest BCUT2D eigenvalue weighted by Gasteiger charge is -2.35. The van der Waals surface area contributed by atoms with Crippen LogP contribution in [0.5, 0.6) is 0 Å². The monoisotopic (exact) mass is 366 g/mol. The van der Waals surface area contributed by atoms with Crippen molar-refractivity contribution < 1.29 is 9.59 Å².